The zero-order valence-corrected chi connectivity index (χ0v) is 14.4. The lowest BCUT2D eigenvalue weighted by atomic mass is 10.00. The van der Waals surface area contributed by atoms with Crippen molar-refractivity contribution < 1.29 is 18.4 Å². The highest BCUT2D eigenvalue weighted by atomic mass is 19.1. The minimum absolute atomic E-state index is 0.246. The number of benzene rings is 1. The van der Waals surface area contributed by atoms with E-state index >= 15 is 0 Å². The van der Waals surface area contributed by atoms with Crippen LogP contribution in [0.5, 0.6) is 0 Å². The van der Waals surface area contributed by atoms with Crippen LogP contribution in [0.15, 0.2) is 28.8 Å². The van der Waals surface area contributed by atoms with Crippen LogP contribution in [0.2, 0.25) is 0 Å². The number of nitrogens with zero attached hydrogens (tertiary/aromatic N) is 3. The van der Waals surface area contributed by atoms with E-state index in [2.05, 4.69) is 15.5 Å². The van der Waals surface area contributed by atoms with Crippen LogP contribution in [0, 0.1) is 5.82 Å². The van der Waals surface area contributed by atoms with Crippen molar-refractivity contribution in [1.29, 1.82) is 0 Å². The summed E-state index contributed by atoms with van der Waals surface area (Å²) >= 11 is 0. The van der Waals surface area contributed by atoms with Crippen LogP contribution < -0.4 is 5.32 Å². The van der Waals surface area contributed by atoms with Crippen molar-refractivity contribution in [3.05, 3.63) is 41.8 Å². The molecule has 2 saturated heterocycles. The van der Waals surface area contributed by atoms with Crippen molar-refractivity contribution in [2.75, 3.05) is 25.1 Å². The normalized spacial score (nSPS) is 21.1. The Morgan fingerprint density at radius 3 is 2.92 bits per heavy atom. The third-order valence-corrected chi connectivity index (χ3v) is 4.92. The smallest absolute Gasteiger partial charge is 0.322 e. The van der Waals surface area contributed by atoms with Gasteiger partial charge in [-0.2, -0.15) is 4.98 Å². The lowest BCUT2D eigenvalue weighted by molar-refractivity contribution is 0.0830. The minimum atomic E-state index is -0.390. The fourth-order valence-corrected chi connectivity index (χ4v) is 3.53. The molecule has 0 bridgehead atoms. The molecule has 0 spiro atoms. The molecule has 4 rings (SSSR count). The standard InChI is InChI=1S/C18H21FN4O3/c19-13-3-1-4-14(11-13)20-18(24)23-8-2-5-15(23)17-21-16(22-26-17)12-6-9-25-10-7-12/h1,3-4,11-12,15H,2,5-10H2,(H,20,24). The van der Waals surface area contributed by atoms with Crippen LogP contribution in [0.25, 0.3) is 0 Å². The topological polar surface area (TPSA) is 80.5 Å². The second kappa shape index (κ2) is 7.41. The van der Waals surface area contributed by atoms with Crippen molar-refractivity contribution >= 4 is 11.7 Å². The Bertz CT molecular complexity index is 775. The molecule has 0 radical (unpaired) electrons. The predicted octanol–water partition coefficient (Wildman–Crippen LogP) is 3.47. The van der Waals surface area contributed by atoms with Gasteiger partial charge in [-0.1, -0.05) is 11.2 Å². The van der Waals surface area contributed by atoms with E-state index in [0.29, 0.717) is 37.2 Å². The summed E-state index contributed by atoms with van der Waals surface area (Å²) < 4.78 is 24.1. The van der Waals surface area contributed by atoms with Gasteiger partial charge in [-0.3, -0.25) is 0 Å². The number of anilines is 1. The first-order valence-electron chi connectivity index (χ1n) is 8.95. The number of hydrogen-bond donors (Lipinski definition) is 1. The van der Waals surface area contributed by atoms with Crippen LogP contribution in [0.3, 0.4) is 0 Å². The molecular formula is C18H21FN4O3. The summed E-state index contributed by atoms with van der Waals surface area (Å²) in [6.45, 7) is 2.01. The summed E-state index contributed by atoms with van der Waals surface area (Å²) in [5.74, 6) is 1.02. The van der Waals surface area contributed by atoms with E-state index in [0.717, 1.165) is 25.7 Å². The Labute approximate surface area is 150 Å². The van der Waals surface area contributed by atoms with E-state index in [4.69, 9.17) is 9.26 Å². The quantitative estimate of drug-likeness (QED) is 0.906. The maximum absolute atomic E-state index is 13.3. The Kier molecular flexibility index (Phi) is 4.83. The molecule has 2 aliphatic heterocycles. The van der Waals surface area contributed by atoms with Gasteiger partial charge in [0.15, 0.2) is 5.82 Å². The SMILES string of the molecule is O=C(Nc1cccc(F)c1)N1CCCC1c1nc(C2CCOCC2)no1. The van der Waals surface area contributed by atoms with Gasteiger partial charge in [-0.15, -0.1) is 0 Å². The number of aromatic nitrogens is 2. The first-order chi connectivity index (χ1) is 12.7. The van der Waals surface area contributed by atoms with Crippen LogP contribution in [0.1, 0.15) is 49.4 Å². The highest BCUT2D eigenvalue weighted by molar-refractivity contribution is 5.89. The van der Waals surface area contributed by atoms with Gasteiger partial charge in [0.1, 0.15) is 11.9 Å². The summed E-state index contributed by atoms with van der Waals surface area (Å²) in [7, 11) is 0. The maximum atomic E-state index is 13.3. The number of ether oxygens (including phenoxy) is 1. The first-order valence-corrected chi connectivity index (χ1v) is 8.95. The second-order valence-corrected chi connectivity index (χ2v) is 6.67. The molecule has 2 aromatic rings. The monoisotopic (exact) mass is 360 g/mol. The average Bonchev–Trinajstić information content (AvgIpc) is 3.32. The number of likely N-dealkylation sites (tertiary alicyclic amines) is 1. The fraction of sp³-hybridized carbons (Fsp3) is 0.500. The van der Waals surface area contributed by atoms with Gasteiger partial charge < -0.3 is 19.5 Å². The Morgan fingerprint density at radius 2 is 2.12 bits per heavy atom. The van der Waals surface area contributed by atoms with Crippen molar-refractivity contribution in [2.45, 2.75) is 37.6 Å². The van der Waals surface area contributed by atoms with Crippen LogP contribution in [-0.2, 0) is 4.74 Å². The summed E-state index contributed by atoms with van der Waals surface area (Å²) in [6, 6.07) is 5.31. The molecule has 1 aromatic heterocycles. The number of amides is 2. The summed E-state index contributed by atoms with van der Waals surface area (Å²) in [6.07, 6.45) is 3.39. The van der Waals surface area contributed by atoms with E-state index in [-0.39, 0.29) is 18.0 Å². The van der Waals surface area contributed by atoms with Crippen molar-refractivity contribution in [1.82, 2.24) is 15.0 Å². The number of rotatable bonds is 3. The van der Waals surface area contributed by atoms with E-state index in [1.54, 1.807) is 17.0 Å². The highest BCUT2D eigenvalue weighted by Gasteiger charge is 2.35. The number of hydrogen-bond acceptors (Lipinski definition) is 5. The summed E-state index contributed by atoms with van der Waals surface area (Å²) in [5, 5.41) is 6.86. The van der Waals surface area contributed by atoms with E-state index in [9.17, 15) is 9.18 Å². The van der Waals surface area contributed by atoms with Gasteiger partial charge in [-0.05, 0) is 43.9 Å². The largest absolute Gasteiger partial charge is 0.381 e. The minimum Gasteiger partial charge on any atom is -0.381 e. The lowest BCUT2D eigenvalue weighted by Gasteiger charge is -2.22. The Balaban J connectivity index is 1.46. The zero-order valence-electron chi connectivity index (χ0n) is 14.4. The van der Waals surface area contributed by atoms with Gasteiger partial charge in [0.2, 0.25) is 5.89 Å². The second-order valence-electron chi connectivity index (χ2n) is 6.67. The molecule has 2 fully saturated rings. The molecule has 1 atom stereocenters. The van der Waals surface area contributed by atoms with Gasteiger partial charge in [0.05, 0.1) is 0 Å². The van der Waals surface area contributed by atoms with Crippen molar-refractivity contribution in [2.24, 2.45) is 0 Å². The van der Waals surface area contributed by atoms with Crippen LogP contribution in [-0.4, -0.2) is 40.8 Å². The molecule has 2 aliphatic rings. The maximum Gasteiger partial charge on any atom is 0.322 e. The van der Waals surface area contributed by atoms with Crippen LogP contribution in [0.4, 0.5) is 14.9 Å². The fourth-order valence-electron chi connectivity index (χ4n) is 3.53. The first kappa shape index (κ1) is 17.0. The molecular weight excluding hydrogens is 339 g/mol. The molecule has 0 saturated carbocycles. The molecule has 8 heteroatoms. The van der Waals surface area contributed by atoms with Gasteiger partial charge >= 0.3 is 6.03 Å². The Morgan fingerprint density at radius 1 is 1.27 bits per heavy atom. The van der Waals surface area contributed by atoms with Gasteiger partial charge in [0.25, 0.3) is 0 Å². The van der Waals surface area contributed by atoms with Crippen molar-refractivity contribution in [3.8, 4) is 0 Å². The summed E-state index contributed by atoms with van der Waals surface area (Å²) in [5.41, 5.74) is 0.425. The zero-order chi connectivity index (χ0) is 17.9. The number of urea groups is 1. The van der Waals surface area contributed by atoms with Crippen LogP contribution >= 0.6 is 0 Å². The number of carbonyl (C=O) groups excluding carboxylic acids is 1. The molecule has 1 N–H and O–H groups in total. The molecule has 2 amide bonds. The molecule has 1 unspecified atom stereocenters. The molecule has 26 heavy (non-hydrogen) atoms. The number of nitrogens with one attached hydrogen (secondary N) is 1. The Hall–Kier alpha value is -2.48. The summed E-state index contributed by atoms with van der Waals surface area (Å²) in [4.78, 5) is 18.8. The average molecular weight is 360 g/mol. The highest BCUT2D eigenvalue weighted by Crippen LogP contribution is 2.33. The molecule has 1 aromatic carbocycles. The predicted molar refractivity (Wildman–Crippen MR) is 91.2 cm³/mol. The van der Waals surface area contributed by atoms with E-state index < -0.39 is 5.82 Å². The van der Waals surface area contributed by atoms with Crippen molar-refractivity contribution in [3.63, 3.8) is 0 Å². The van der Waals surface area contributed by atoms with Gasteiger partial charge in [0, 0.05) is 31.4 Å². The number of carbonyl (C=O) groups is 1. The van der Waals surface area contributed by atoms with Gasteiger partial charge in [-0.25, -0.2) is 9.18 Å². The lowest BCUT2D eigenvalue weighted by Crippen LogP contribution is -2.34. The number of halogens is 1. The third kappa shape index (κ3) is 3.55. The molecule has 7 nitrogen and oxygen atoms in total. The van der Waals surface area contributed by atoms with E-state index in [1.807, 2.05) is 0 Å². The molecule has 3 heterocycles. The third-order valence-electron chi connectivity index (χ3n) is 4.92. The molecule has 0 aliphatic carbocycles. The van der Waals surface area contributed by atoms with E-state index in [1.165, 1.54) is 12.1 Å². The molecule has 138 valence electrons.